The van der Waals surface area contributed by atoms with E-state index in [-0.39, 0.29) is 11.3 Å². The van der Waals surface area contributed by atoms with Crippen molar-refractivity contribution in [1.82, 2.24) is 0 Å². The fourth-order valence-corrected chi connectivity index (χ4v) is 4.51. The summed E-state index contributed by atoms with van der Waals surface area (Å²) in [5, 5.41) is 13.2. The largest absolute Gasteiger partial charge is 0.507 e. The minimum absolute atomic E-state index is 0.0630. The summed E-state index contributed by atoms with van der Waals surface area (Å²) in [4.78, 5) is 28.3. The van der Waals surface area contributed by atoms with Gasteiger partial charge in [0.05, 0.1) is 18.7 Å². The number of benzene rings is 4. The maximum absolute atomic E-state index is 13.4. The Kier molecular flexibility index (Phi) is 5.38. The molecule has 5 nitrogen and oxygen atoms in total. The van der Waals surface area contributed by atoms with Gasteiger partial charge < -0.3 is 9.84 Å². The molecular weight excluding hydrogens is 426 g/mol. The maximum atomic E-state index is 13.4. The van der Waals surface area contributed by atoms with Crippen LogP contribution in [0.5, 0.6) is 5.75 Å². The molecule has 1 atom stereocenters. The molecule has 1 fully saturated rings. The van der Waals surface area contributed by atoms with Crippen molar-refractivity contribution in [2.45, 2.75) is 13.0 Å². The Balaban J connectivity index is 1.80. The first-order chi connectivity index (χ1) is 16.5. The molecule has 168 valence electrons. The number of carbonyl (C=O) groups is 2. The lowest BCUT2D eigenvalue weighted by Gasteiger charge is -2.26. The van der Waals surface area contributed by atoms with Crippen molar-refractivity contribution in [1.29, 1.82) is 0 Å². The molecule has 1 saturated heterocycles. The molecule has 0 aliphatic carbocycles. The normalized spacial score (nSPS) is 17.4. The molecule has 1 aliphatic heterocycles. The molecule has 0 aromatic heterocycles. The summed E-state index contributed by atoms with van der Waals surface area (Å²) in [6.45, 7) is 1.95. The minimum Gasteiger partial charge on any atom is -0.507 e. The summed E-state index contributed by atoms with van der Waals surface area (Å²) in [6.07, 6.45) is 0. The Morgan fingerprint density at radius 1 is 0.882 bits per heavy atom. The van der Waals surface area contributed by atoms with Crippen molar-refractivity contribution in [2.24, 2.45) is 0 Å². The number of Topliss-reactive ketones (excluding diaryl/α,β-unsaturated/α-hetero) is 1. The first kappa shape index (κ1) is 21.5. The molecule has 1 unspecified atom stereocenters. The molecule has 1 N–H and O–H groups in total. The molecule has 0 saturated carbocycles. The molecule has 34 heavy (non-hydrogen) atoms. The number of aryl methyl sites for hydroxylation is 1. The fourth-order valence-electron chi connectivity index (χ4n) is 4.51. The number of hydrogen-bond donors (Lipinski definition) is 1. The van der Waals surface area contributed by atoms with Crippen LogP contribution in [0.3, 0.4) is 0 Å². The zero-order chi connectivity index (χ0) is 23.8. The lowest BCUT2D eigenvalue weighted by Crippen LogP contribution is -2.29. The summed E-state index contributed by atoms with van der Waals surface area (Å²) in [6, 6.07) is 27.0. The van der Waals surface area contributed by atoms with Crippen LogP contribution in [0.25, 0.3) is 16.5 Å². The Morgan fingerprint density at radius 3 is 2.35 bits per heavy atom. The maximum Gasteiger partial charge on any atom is 0.300 e. The molecule has 1 amide bonds. The van der Waals surface area contributed by atoms with E-state index < -0.39 is 17.7 Å². The lowest BCUT2D eigenvalue weighted by atomic mass is 9.91. The van der Waals surface area contributed by atoms with Crippen molar-refractivity contribution < 1.29 is 19.4 Å². The number of carbonyl (C=O) groups excluding carboxylic acids is 2. The van der Waals surface area contributed by atoms with Gasteiger partial charge in [-0.05, 0) is 35.4 Å². The van der Waals surface area contributed by atoms with Crippen LogP contribution in [0.15, 0.2) is 96.6 Å². The van der Waals surface area contributed by atoms with Gasteiger partial charge in [0.1, 0.15) is 11.5 Å². The van der Waals surface area contributed by atoms with E-state index in [2.05, 4.69) is 0 Å². The minimum atomic E-state index is -0.806. The van der Waals surface area contributed by atoms with E-state index in [9.17, 15) is 14.7 Å². The van der Waals surface area contributed by atoms with Gasteiger partial charge in [0, 0.05) is 17.3 Å². The van der Waals surface area contributed by atoms with Crippen LogP contribution in [-0.2, 0) is 9.59 Å². The molecule has 4 aromatic carbocycles. The van der Waals surface area contributed by atoms with Gasteiger partial charge in [0.15, 0.2) is 0 Å². The summed E-state index contributed by atoms with van der Waals surface area (Å²) in [5.74, 6) is -1.05. The molecule has 0 bridgehead atoms. The standard InChI is InChI=1S/C29H23NO4/c1-18-13-15-20(16-14-18)27(31)25-26(24-12-5-8-19-7-3-4-11-23(19)24)30(29(33)28(25)32)21-9-6-10-22(17-21)34-2/h3-17,26,31H,1-2H3/b27-25-. The average Bonchev–Trinajstić information content (AvgIpc) is 3.13. The molecule has 0 spiro atoms. The van der Waals surface area contributed by atoms with Gasteiger partial charge in [-0.25, -0.2) is 0 Å². The summed E-state index contributed by atoms with van der Waals surface area (Å²) in [5.41, 5.74) is 2.85. The molecule has 0 radical (unpaired) electrons. The van der Waals surface area contributed by atoms with Crippen molar-refractivity contribution in [3.8, 4) is 5.75 Å². The summed E-state index contributed by atoms with van der Waals surface area (Å²) >= 11 is 0. The molecule has 1 aliphatic rings. The highest BCUT2D eigenvalue weighted by molar-refractivity contribution is 6.51. The number of methoxy groups -OCH3 is 1. The van der Waals surface area contributed by atoms with Gasteiger partial charge >= 0.3 is 0 Å². The van der Waals surface area contributed by atoms with Gasteiger partial charge in [-0.2, -0.15) is 0 Å². The molecule has 5 heteroatoms. The number of nitrogens with zero attached hydrogens (tertiary/aromatic N) is 1. The van der Waals surface area contributed by atoms with Crippen LogP contribution in [-0.4, -0.2) is 23.9 Å². The number of aliphatic hydroxyl groups is 1. The molecule has 5 rings (SSSR count). The Morgan fingerprint density at radius 2 is 1.59 bits per heavy atom. The Labute approximate surface area is 197 Å². The van der Waals surface area contributed by atoms with E-state index in [1.165, 1.54) is 4.90 Å². The second-order valence-electron chi connectivity index (χ2n) is 8.30. The van der Waals surface area contributed by atoms with Gasteiger partial charge in [-0.3, -0.25) is 14.5 Å². The highest BCUT2D eigenvalue weighted by Crippen LogP contribution is 2.44. The number of fused-ring (bicyclic) bond motifs is 1. The fraction of sp³-hybridized carbons (Fsp3) is 0.103. The highest BCUT2D eigenvalue weighted by Gasteiger charge is 2.47. The zero-order valence-corrected chi connectivity index (χ0v) is 18.9. The average molecular weight is 450 g/mol. The second kappa shape index (κ2) is 8.52. The lowest BCUT2D eigenvalue weighted by molar-refractivity contribution is -0.132. The van der Waals surface area contributed by atoms with Gasteiger partial charge in [0.2, 0.25) is 0 Å². The number of rotatable bonds is 4. The van der Waals surface area contributed by atoms with E-state index >= 15 is 0 Å². The van der Waals surface area contributed by atoms with Gasteiger partial charge in [0.25, 0.3) is 11.7 Å². The van der Waals surface area contributed by atoms with Crippen LogP contribution in [0.2, 0.25) is 0 Å². The van der Waals surface area contributed by atoms with Gasteiger partial charge in [-0.15, -0.1) is 0 Å². The van der Waals surface area contributed by atoms with E-state index in [4.69, 9.17) is 4.74 Å². The molecule has 1 heterocycles. The van der Waals surface area contributed by atoms with Crippen molar-refractivity contribution >= 4 is 33.9 Å². The topological polar surface area (TPSA) is 66.8 Å². The number of amides is 1. The van der Waals surface area contributed by atoms with E-state index in [1.54, 1.807) is 43.5 Å². The highest BCUT2D eigenvalue weighted by atomic mass is 16.5. The van der Waals surface area contributed by atoms with Crippen LogP contribution in [0.1, 0.15) is 22.7 Å². The number of ether oxygens (including phenoxy) is 1. The first-order valence-electron chi connectivity index (χ1n) is 11.0. The Bertz CT molecular complexity index is 1450. The smallest absolute Gasteiger partial charge is 0.300 e. The predicted octanol–water partition coefficient (Wildman–Crippen LogP) is 5.78. The van der Waals surface area contributed by atoms with E-state index in [0.717, 1.165) is 21.9 Å². The third kappa shape index (κ3) is 3.52. The second-order valence-corrected chi connectivity index (χ2v) is 8.30. The SMILES string of the molecule is COc1cccc(N2C(=O)C(=O)/C(=C(\O)c3ccc(C)cc3)C2c2cccc3ccccc23)c1. The first-order valence-corrected chi connectivity index (χ1v) is 11.0. The number of anilines is 1. The van der Waals surface area contributed by atoms with Gasteiger partial charge in [-0.1, -0.05) is 78.4 Å². The van der Waals surface area contributed by atoms with Crippen LogP contribution in [0, 0.1) is 6.92 Å². The third-order valence-corrected chi connectivity index (χ3v) is 6.22. The number of aliphatic hydroxyl groups excluding tert-OH is 1. The van der Waals surface area contributed by atoms with E-state index in [1.807, 2.05) is 61.5 Å². The number of ketones is 1. The molecular formula is C29H23NO4. The molecule has 4 aromatic rings. The van der Waals surface area contributed by atoms with Crippen LogP contribution in [0.4, 0.5) is 5.69 Å². The quantitative estimate of drug-likeness (QED) is 0.244. The zero-order valence-electron chi connectivity index (χ0n) is 18.9. The van der Waals surface area contributed by atoms with Crippen LogP contribution >= 0.6 is 0 Å². The number of hydrogen-bond acceptors (Lipinski definition) is 4. The third-order valence-electron chi connectivity index (χ3n) is 6.22. The Hall–Kier alpha value is -4.38. The van der Waals surface area contributed by atoms with Crippen molar-refractivity contribution in [2.75, 3.05) is 12.0 Å². The summed E-state index contributed by atoms with van der Waals surface area (Å²) in [7, 11) is 1.55. The van der Waals surface area contributed by atoms with Crippen molar-refractivity contribution in [3.63, 3.8) is 0 Å². The predicted molar refractivity (Wildman–Crippen MR) is 133 cm³/mol. The van der Waals surface area contributed by atoms with Crippen molar-refractivity contribution in [3.05, 3.63) is 113 Å². The monoisotopic (exact) mass is 449 g/mol. The summed E-state index contributed by atoms with van der Waals surface area (Å²) < 4.78 is 5.36. The van der Waals surface area contributed by atoms with Crippen LogP contribution < -0.4 is 9.64 Å². The van der Waals surface area contributed by atoms with E-state index in [0.29, 0.717) is 17.0 Å².